The molecule has 0 aromatic heterocycles. The molecule has 1 spiro atoms. The number of cyclic esters (lactones) is 1. The molecule has 0 aromatic rings. The summed E-state index contributed by atoms with van der Waals surface area (Å²) < 4.78 is 5.13. The molecule has 3 heterocycles. The van der Waals surface area contributed by atoms with Crippen LogP contribution in [0.1, 0.15) is 25.7 Å². The number of hydrogen-bond acceptors (Lipinski definition) is 2. The van der Waals surface area contributed by atoms with E-state index in [0.29, 0.717) is 11.9 Å². The summed E-state index contributed by atoms with van der Waals surface area (Å²) in [5.41, 5.74) is -0.0756. The van der Waals surface area contributed by atoms with Crippen molar-refractivity contribution in [3.8, 4) is 0 Å². The number of hydrogen-bond donors (Lipinski definition) is 0. The van der Waals surface area contributed by atoms with Crippen molar-refractivity contribution in [2.24, 2.45) is 5.41 Å². The van der Waals surface area contributed by atoms with Gasteiger partial charge in [0.15, 0.2) is 0 Å². The van der Waals surface area contributed by atoms with Crippen LogP contribution in [0, 0.1) is 5.41 Å². The Kier molecular flexibility index (Phi) is 1.47. The van der Waals surface area contributed by atoms with Crippen LogP contribution in [0.15, 0.2) is 0 Å². The van der Waals surface area contributed by atoms with E-state index in [1.54, 1.807) is 0 Å². The Morgan fingerprint density at radius 1 is 1.54 bits per heavy atom. The van der Waals surface area contributed by atoms with E-state index in [4.69, 9.17) is 4.74 Å². The molecule has 4 unspecified atom stereocenters. The second kappa shape index (κ2) is 2.38. The van der Waals surface area contributed by atoms with Gasteiger partial charge in [0.25, 0.3) is 0 Å². The first kappa shape index (κ1) is 8.04. The molecule has 0 aliphatic carbocycles. The highest BCUT2D eigenvalue weighted by atomic mass is 32.2. The van der Waals surface area contributed by atoms with Gasteiger partial charge in [0.1, 0.15) is 0 Å². The van der Waals surface area contributed by atoms with Gasteiger partial charge in [0, 0.05) is 10.5 Å². The minimum Gasteiger partial charge on any atom is -0.465 e. The summed E-state index contributed by atoms with van der Waals surface area (Å²) in [6, 6.07) is 0. The van der Waals surface area contributed by atoms with Gasteiger partial charge in [0.2, 0.25) is 0 Å². The Morgan fingerprint density at radius 3 is 2.85 bits per heavy atom. The van der Waals surface area contributed by atoms with Crippen LogP contribution in [-0.2, 0) is 9.53 Å². The van der Waals surface area contributed by atoms with E-state index < -0.39 is 0 Å². The second-order valence-corrected chi connectivity index (χ2v) is 6.58. The van der Waals surface area contributed by atoms with E-state index in [0.717, 1.165) is 18.1 Å². The Bertz CT molecular complexity index is 299. The molecule has 0 saturated carbocycles. The van der Waals surface area contributed by atoms with Crippen molar-refractivity contribution in [1.82, 2.24) is 0 Å². The lowest BCUT2D eigenvalue weighted by Crippen LogP contribution is -2.36. The first-order valence-corrected chi connectivity index (χ1v) is 6.45. The summed E-state index contributed by atoms with van der Waals surface area (Å²) >= 11 is 0. The van der Waals surface area contributed by atoms with Crippen molar-refractivity contribution in [3.63, 3.8) is 0 Å². The molecule has 0 radical (unpaired) electrons. The highest BCUT2D eigenvalue weighted by Crippen LogP contribution is 2.62. The number of carbonyl (C=O) groups excluding carboxylic acids is 1. The molecule has 2 bridgehead atoms. The zero-order chi connectivity index (χ0) is 9.05. The fraction of sp³-hybridized carbons (Fsp3) is 0.800. The average molecular weight is 198 g/mol. The van der Waals surface area contributed by atoms with Gasteiger partial charge in [-0.25, -0.2) is 0 Å². The third-order valence-electron chi connectivity index (χ3n) is 3.94. The van der Waals surface area contributed by atoms with Gasteiger partial charge >= 0.3 is 5.97 Å². The molecule has 3 aliphatic heterocycles. The summed E-state index contributed by atoms with van der Waals surface area (Å²) in [5, 5.41) is 1.29. The number of esters is 1. The number of ether oxygens (including phenoxy) is 1. The maximum atomic E-state index is 11.7. The molecule has 72 valence electrons. The van der Waals surface area contributed by atoms with Gasteiger partial charge in [-0.05, 0) is 25.7 Å². The van der Waals surface area contributed by atoms with Gasteiger partial charge in [-0.2, -0.15) is 10.5 Å². The van der Waals surface area contributed by atoms with Gasteiger partial charge in [-0.3, -0.25) is 4.79 Å². The highest BCUT2D eigenvalue weighted by molar-refractivity contribution is 8.15. The van der Waals surface area contributed by atoms with Crippen LogP contribution >= 0.6 is 10.5 Å². The van der Waals surface area contributed by atoms with Crippen LogP contribution in [0.2, 0.25) is 0 Å². The lowest BCUT2D eigenvalue weighted by Gasteiger charge is -2.27. The molecular weight excluding hydrogens is 184 g/mol. The minimum atomic E-state index is -0.0756. The third-order valence-corrected chi connectivity index (χ3v) is 6.62. The van der Waals surface area contributed by atoms with Gasteiger partial charge < -0.3 is 4.74 Å². The third kappa shape index (κ3) is 0.815. The molecule has 0 aromatic carbocycles. The minimum absolute atomic E-state index is 0.0756. The molecule has 0 N–H and O–H groups in total. The monoisotopic (exact) mass is 198 g/mol. The quantitative estimate of drug-likeness (QED) is 0.436. The van der Waals surface area contributed by atoms with E-state index in [1.807, 2.05) is 0 Å². The van der Waals surface area contributed by atoms with Gasteiger partial charge in [-0.1, -0.05) is 5.87 Å². The predicted octanol–water partition coefficient (Wildman–Crippen LogP) is 1.56. The SMILES string of the molecule is C=S1C2CCC1C1(CCOC1=O)C2. The molecule has 3 fully saturated rings. The standard InChI is InChI=1S/C10H14O2S/c1-13-7-2-3-8(13)10(6-7)4-5-12-9(10)11/h7-8H,1-6H2. The fourth-order valence-corrected chi connectivity index (χ4v) is 5.98. The maximum Gasteiger partial charge on any atom is 0.313 e. The Balaban J connectivity index is 2.02. The lowest BCUT2D eigenvalue weighted by molar-refractivity contribution is -0.146. The van der Waals surface area contributed by atoms with E-state index >= 15 is 0 Å². The second-order valence-electron chi connectivity index (χ2n) is 4.40. The summed E-state index contributed by atoms with van der Waals surface area (Å²) in [7, 11) is 0.248. The molecule has 0 amide bonds. The number of fused-ring (bicyclic) bond motifs is 3. The van der Waals surface area contributed by atoms with Crippen LogP contribution in [0.25, 0.3) is 0 Å². The van der Waals surface area contributed by atoms with Crippen LogP contribution in [0.5, 0.6) is 0 Å². The molecular formula is C10H14O2S. The summed E-state index contributed by atoms with van der Waals surface area (Å²) in [5.74, 6) is 4.32. The molecule has 3 saturated heterocycles. The fourth-order valence-electron chi connectivity index (χ4n) is 3.23. The van der Waals surface area contributed by atoms with Crippen molar-refractivity contribution in [2.45, 2.75) is 36.2 Å². The van der Waals surface area contributed by atoms with Crippen LogP contribution in [0.4, 0.5) is 0 Å². The van der Waals surface area contributed by atoms with Crippen molar-refractivity contribution in [1.29, 1.82) is 0 Å². The van der Waals surface area contributed by atoms with E-state index in [2.05, 4.69) is 5.87 Å². The zero-order valence-electron chi connectivity index (χ0n) is 7.62. The molecule has 3 heteroatoms. The van der Waals surface area contributed by atoms with Crippen molar-refractivity contribution >= 4 is 22.3 Å². The summed E-state index contributed by atoms with van der Waals surface area (Å²) in [6.07, 6.45) is 4.55. The Labute approximate surface area is 80.6 Å². The molecule has 2 nitrogen and oxygen atoms in total. The normalized spacial score (nSPS) is 53.2. The summed E-state index contributed by atoms with van der Waals surface area (Å²) in [6.45, 7) is 0.652. The van der Waals surface area contributed by atoms with E-state index in [1.165, 1.54) is 12.8 Å². The lowest BCUT2D eigenvalue weighted by atomic mass is 9.73. The number of rotatable bonds is 0. The van der Waals surface area contributed by atoms with Gasteiger partial charge in [0.05, 0.1) is 12.0 Å². The van der Waals surface area contributed by atoms with Gasteiger partial charge in [-0.15, -0.1) is 0 Å². The Morgan fingerprint density at radius 2 is 2.38 bits per heavy atom. The first-order chi connectivity index (χ1) is 6.24. The molecule has 3 aliphatic rings. The molecule has 3 rings (SSSR count). The van der Waals surface area contributed by atoms with Crippen LogP contribution in [0.3, 0.4) is 0 Å². The molecule has 13 heavy (non-hydrogen) atoms. The Hall–Kier alpha value is -0.310. The van der Waals surface area contributed by atoms with Crippen molar-refractivity contribution in [2.75, 3.05) is 6.61 Å². The smallest absolute Gasteiger partial charge is 0.313 e. The average Bonchev–Trinajstić information content (AvgIpc) is 2.71. The zero-order valence-corrected chi connectivity index (χ0v) is 8.44. The van der Waals surface area contributed by atoms with Crippen LogP contribution in [-0.4, -0.2) is 28.9 Å². The molecule has 4 atom stereocenters. The van der Waals surface area contributed by atoms with E-state index in [9.17, 15) is 4.79 Å². The largest absolute Gasteiger partial charge is 0.465 e. The predicted molar refractivity (Wildman–Crippen MR) is 54.1 cm³/mol. The van der Waals surface area contributed by atoms with Crippen molar-refractivity contribution in [3.05, 3.63) is 0 Å². The van der Waals surface area contributed by atoms with Crippen molar-refractivity contribution < 1.29 is 9.53 Å². The highest BCUT2D eigenvalue weighted by Gasteiger charge is 2.60. The topological polar surface area (TPSA) is 26.3 Å². The van der Waals surface area contributed by atoms with Crippen LogP contribution < -0.4 is 0 Å². The van der Waals surface area contributed by atoms with E-state index in [-0.39, 0.29) is 21.9 Å². The maximum absolute atomic E-state index is 11.7. The number of carbonyl (C=O) groups is 1. The summed E-state index contributed by atoms with van der Waals surface area (Å²) in [4.78, 5) is 11.7. The first-order valence-electron chi connectivity index (χ1n) is 4.93.